The van der Waals surface area contributed by atoms with Gasteiger partial charge in [0.25, 0.3) is 0 Å². The van der Waals surface area contributed by atoms with Crippen LogP contribution in [0.15, 0.2) is 76.8 Å². The number of ether oxygens (including phenoxy) is 15. The summed E-state index contributed by atoms with van der Waals surface area (Å²) in [7, 11) is -2.30. The average Bonchev–Trinajstić information content (AvgIpc) is 1.55. The van der Waals surface area contributed by atoms with Gasteiger partial charge < -0.3 is 100 Å². The molecule has 24 nitrogen and oxygen atoms in total. The standard InChI is InChI=1S/C55H83BrO11Si.C47H77BrO11Si.2CH3O.Mg/c1-12-13-19-39-25-33(3)35(5)45(60-39)29-46-42(36(6)44(63-46)24-32(2)31-59-68(10,11)54(7,8)9)28-38(57)27-40-20-21-43-48(61-40)52-51-50(64-43)49-47(65-51)30-55(66-49,67-52)23-22-41(26-34(4)56)62-53(58)37-17-15-14-16-18-37;1-26(25-52-60(9,10)46(6,7)8)18-37-30(5)35(39(55-37)23-38-29(4)27(2)19-33(53-38)12-11-17-49)22-32(51)21-34-13-14-36-41(54-34)45-44-43(56-36)42-40(57-44)24-47(58-42,59-45)16-15-31(50)20-28(3)48;2*1-2;/h14-18,32-33,36,39-52H,4-5,12-13,19-31H2,1-3,6-11H3;26-27,30-31,33-45,49-50H,3-4,11-25H2,1-2,5-10H3;2*1H3;/q;;2*-1;+2/t32-,33+,36+,39?,40+,41+,42+,43-,44+,45+,46?,47+,48-,49?,50-,51+,52?,55-;26-,27+,30+,31+,33?,34+,35+,36-,37+,38+,39?,40+,41-,42?,43-,44+,45?,47-;;;/m00.../s1. The molecule has 29 heteroatoms. The Balaban J connectivity index is 0.000000247. The Bertz CT molecular complexity index is 3950. The van der Waals surface area contributed by atoms with Gasteiger partial charge in [-0.05, 0) is 199 Å². The van der Waals surface area contributed by atoms with Crippen molar-refractivity contribution in [3.63, 3.8) is 0 Å². The maximum atomic E-state index is 14.5. The first-order valence-corrected chi connectivity index (χ1v) is 57.9. The Morgan fingerprint density at radius 3 is 1.35 bits per heavy atom. The molecule has 16 aliphatic rings. The van der Waals surface area contributed by atoms with Gasteiger partial charge in [0.15, 0.2) is 28.2 Å². The summed E-state index contributed by atoms with van der Waals surface area (Å²) in [6.45, 7) is 57.3. The van der Waals surface area contributed by atoms with Gasteiger partial charge >= 0.3 is 29.0 Å². The van der Waals surface area contributed by atoms with E-state index in [1.807, 2.05) is 18.2 Å². The average molecular weight is 2040 g/mol. The summed E-state index contributed by atoms with van der Waals surface area (Å²) in [5.41, 5.74) is 2.75. The first kappa shape index (κ1) is 112. The summed E-state index contributed by atoms with van der Waals surface area (Å²) in [6, 6.07) is 9.04. The second-order valence-corrected chi connectivity index (χ2v) is 56.7. The minimum atomic E-state index is -1.90. The van der Waals surface area contributed by atoms with E-state index in [0.29, 0.717) is 132 Å². The Morgan fingerprint density at radius 2 is 0.932 bits per heavy atom. The van der Waals surface area contributed by atoms with Gasteiger partial charge in [0.05, 0.1) is 97.1 Å². The van der Waals surface area contributed by atoms with Crippen molar-refractivity contribution in [2.24, 2.45) is 47.3 Å². The van der Waals surface area contributed by atoms with Crippen molar-refractivity contribution in [2.45, 2.75) is 470 Å². The van der Waals surface area contributed by atoms with E-state index in [4.69, 9.17) is 90.1 Å². The number of Topliss-reactive ketones (excluding diaryl/α,β-unsaturated/α-hetero) is 2. The minimum Gasteiger partial charge on any atom is -0.857 e. The number of carbonyl (C=O) groups excluding carboxylic acids is 3. The van der Waals surface area contributed by atoms with Gasteiger partial charge in [-0.1, -0.05) is 179 Å². The summed E-state index contributed by atoms with van der Waals surface area (Å²) in [5, 5.41) is 37.0. The number of rotatable bonds is 40. The number of hydrogen-bond donors (Lipinski definition) is 2. The molecule has 36 atom stereocenters. The zero-order chi connectivity index (χ0) is 96.0. The maximum absolute atomic E-state index is 14.5. The van der Waals surface area contributed by atoms with Crippen LogP contribution in [0.2, 0.25) is 36.3 Å². The molecule has 16 heterocycles. The molecule has 8 unspecified atom stereocenters. The monoisotopic (exact) mass is 2040 g/mol. The number of ketones is 2. The number of esters is 1. The van der Waals surface area contributed by atoms with Crippen molar-refractivity contribution in [1.29, 1.82) is 0 Å². The SMILES string of the molecule is C=C(Br)C[C@@H](CC[C@@]12C[C@H]3O[C@H]4C(O1)[C@H]1O[C@@H](CC(=O)C[C@H]5C(C[C@H]6OC(CCCC)C[C@@H](C)C6=C)O[C@H](C[C@H](C)CO[Si](C)(C)C(C)(C)C)[C@@H]5C)CC[C@@H]1O[C@H]4C3O2)OC(=O)c1ccccc1.C=C(Br)C[C@H](O)CC[C@@]12C[C@H]3O[C@H]4C(O1)[C@H]1O[C@@H](CC(=O)C[C@H]5C(C[C@H]6OC(CCCO)C[C@@H](C)C6=C)O[C@H](C[C@H](C)CO[Si](C)(C)C(C)(C)C)[C@@H]5C)CC[C@@H]1O[C@H]4C3O2.C[O-].C[O-].[Mg+2]. The number of halogens is 2. The fourth-order valence-corrected chi connectivity index (χ4v) is 26.1. The topological polar surface area (TPSA) is 295 Å². The number of aliphatic hydroxyl groups is 2. The summed E-state index contributed by atoms with van der Waals surface area (Å²) < 4.78 is 116. The summed E-state index contributed by atoms with van der Waals surface area (Å²) in [6.07, 6.45) is 13.2. The summed E-state index contributed by atoms with van der Waals surface area (Å²) >= 11 is 6.88. The number of carbonyl (C=O) groups is 3. The molecule has 750 valence electrons. The molecule has 16 saturated heterocycles. The van der Waals surface area contributed by atoms with Crippen LogP contribution in [0.3, 0.4) is 0 Å². The van der Waals surface area contributed by atoms with Gasteiger partial charge in [-0.15, -0.1) is 0 Å². The third-order valence-electron chi connectivity index (χ3n) is 32.8. The molecule has 0 aromatic heterocycles. The maximum Gasteiger partial charge on any atom is 2.00 e. The molecule has 17 rings (SSSR count). The van der Waals surface area contributed by atoms with Crippen molar-refractivity contribution < 1.29 is 115 Å². The molecule has 0 amide bonds. The van der Waals surface area contributed by atoms with Gasteiger partial charge in [0.1, 0.15) is 78.7 Å². The molecule has 16 aliphatic heterocycles. The Morgan fingerprint density at radius 1 is 0.526 bits per heavy atom. The third kappa shape index (κ3) is 27.3. The predicted octanol–water partition coefficient (Wildman–Crippen LogP) is 17.5. The van der Waals surface area contributed by atoms with E-state index < -0.39 is 52.6 Å². The number of unbranched alkanes of at least 4 members (excludes halogenated alkanes) is 1. The molecule has 0 aliphatic carbocycles. The van der Waals surface area contributed by atoms with Crippen LogP contribution in [0.5, 0.6) is 0 Å². The quantitative estimate of drug-likeness (QED) is 0.0350. The first-order valence-electron chi connectivity index (χ1n) is 50.5. The number of hydrogen-bond acceptors (Lipinski definition) is 24. The van der Waals surface area contributed by atoms with Crippen LogP contribution in [-0.4, -0.2) is 272 Å². The molecule has 133 heavy (non-hydrogen) atoms. The van der Waals surface area contributed by atoms with E-state index >= 15 is 0 Å². The van der Waals surface area contributed by atoms with Crippen LogP contribution < -0.4 is 10.2 Å². The number of fused-ring (bicyclic) bond motifs is 2. The van der Waals surface area contributed by atoms with E-state index in [0.717, 1.165) is 118 Å². The molecule has 0 saturated carbocycles. The fourth-order valence-electron chi connectivity index (χ4n) is 23.1. The van der Waals surface area contributed by atoms with Crippen molar-refractivity contribution >= 4 is 89.1 Å². The van der Waals surface area contributed by atoms with E-state index in [2.05, 4.69) is 174 Å². The molecule has 16 fully saturated rings. The largest absolute Gasteiger partial charge is 2.00 e. The molecular weight excluding hydrogens is 1870 g/mol. The second-order valence-electron chi connectivity index (χ2n) is 44.9. The Kier molecular flexibility index (Phi) is 40.6. The molecule has 0 spiro atoms. The first-order chi connectivity index (χ1) is 62.5. The third-order valence-corrected chi connectivity index (χ3v) is 42.5. The van der Waals surface area contributed by atoms with Crippen LogP contribution in [0.4, 0.5) is 0 Å². The second kappa shape index (κ2) is 48.4. The molecule has 2 N–H and O–H groups in total. The molecule has 12 bridgehead atoms. The normalized spacial score (nSPS) is 38.8. The molecule has 1 aromatic rings. The van der Waals surface area contributed by atoms with E-state index in [1.165, 1.54) is 0 Å². The zero-order valence-corrected chi connectivity index (χ0v) is 90.5. The summed E-state index contributed by atoms with van der Waals surface area (Å²) in [4.78, 5) is 41.9. The fraction of sp³-hybridized carbons (Fsp3) is 0.837. The van der Waals surface area contributed by atoms with Gasteiger partial charge in [0, 0.05) is 96.9 Å². The van der Waals surface area contributed by atoms with Gasteiger partial charge in [0.2, 0.25) is 0 Å². The van der Waals surface area contributed by atoms with Crippen molar-refractivity contribution in [3.8, 4) is 0 Å². The molecule has 1 aromatic carbocycles. The summed E-state index contributed by atoms with van der Waals surface area (Å²) in [5.74, 6) is -0.0207. The Hall–Kier alpha value is -1.65. The van der Waals surface area contributed by atoms with E-state index in [-0.39, 0.29) is 215 Å². The van der Waals surface area contributed by atoms with Gasteiger partial charge in [-0.25, -0.2) is 4.79 Å². The molecular formula is C104H166Br2MgO24Si2. The van der Waals surface area contributed by atoms with Crippen LogP contribution in [-0.2, 0) is 89.5 Å². The van der Waals surface area contributed by atoms with Gasteiger partial charge in [-0.2, -0.15) is 14.2 Å². The van der Waals surface area contributed by atoms with Gasteiger partial charge in [-0.3, -0.25) is 9.59 Å². The van der Waals surface area contributed by atoms with E-state index in [1.54, 1.807) is 12.1 Å². The predicted molar refractivity (Wildman–Crippen MR) is 521 cm³/mol. The van der Waals surface area contributed by atoms with Crippen LogP contribution in [0.25, 0.3) is 0 Å². The Labute approximate surface area is 831 Å². The number of aliphatic hydroxyl groups excluding tert-OH is 2. The molecule has 0 radical (unpaired) electrons. The van der Waals surface area contributed by atoms with Crippen LogP contribution in [0.1, 0.15) is 274 Å². The van der Waals surface area contributed by atoms with Crippen LogP contribution >= 0.6 is 31.9 Å². The number of benzene rings is 1. The van der Waals surface area contributed by atoms with Crippen molar-refractivity contribution in [2.75, 3.05) is 34.0 Å². The van der Waals surface area contributed by atoms with E-state index in [9.17, 15) is 24.6 Å². The van der Waals surface area contributed by atoms with Crippen molar-refractivity contribution in [3.05, 3.63) is 82.3 Å². The zero-order valence-electron chi connectivity index (χ0n) is 83.9. The smallest absolute Gasteiger partial charge is 0.857 e. The van der Waals surface area contributed by atoms with Crippen LogP contribution in [0, 0.1) is 47.3 Å². The minimum absolute atomic E-state index is 0. The van der Waals surface area contributed by atoms with Crippen molar-refractivity contribution in [1.82, 2.24) is 0 Å².